The summed E-state index contributed by atoms with van der Waals surface area (Å²) in [5.74, 6) is 5.89. The van der Waals surface area contributed by atoms with Crippen molar-refractivity contribution in [1.29, 1.82) is 0 Å². The van der Waals surface area contributed by atoms with Crippen molar-refractivity contribution in [3.63, 3.8) is 0 Å². The van der Waals surface area contributed by atoms with E-state index in [4.69, 9.17) is 0 Å². The molecule has 0 aromatic carbocycles. The monoisotopic (exact) mass is 655 g/mol. The zero-order valence-corrected chi connectivity index (χ0v) is 33.3. The van der Waals surface area contributed by atoms with Crippen LogP contribution in [-0.4, -0.2) is 52.4 Å². The minimum atomic E-state index is 0.549. The molecule has 4 spiro atoms. The van der Waals surface area contributed by atoms with Gasteiger partial charge in [0.15, 0.2) is 0 Å². The van der Waals surface area contributed by atoms with Crippen molar-refractivity contribution >= 4 is 0 Å². The van der Waals surface area contributed by atoms with Crippen LogP contribution in [0.25, 0.3) is 0 Å². The van der Waals surface area contributed by atoms with E-state index in [2.05, 4.69) is 90.5 Å². The van der Waals surface area contributed by atoms with Crippen LogP contribution >= 0.6 is 0 Å². The molecule has 4 heterocycles. The molecule has 0 radical (unpaired) electrons. The Morgan fingerprint density at radius 1 is 0.426 bits per heavy atom. The summed E-state index contributed by atoms with van der Waals surface area (Å²) in [4.78, 5) is 0. The summed E-state index contributed by atoms with van der Waals surface area (Å²) in [7, 11) is 0. The summed E-state index contributed by atoms with van der Waals surface area (Å²) < 4.78 is 0. The highest BCUT2D eigenvalue weighted by molar-refractivity contribution is 5.05. The standard InChI is InChI=1S/3C11H21N.C10H19N/c1-10(2,3)9-6-11(7-9)4-5-12-8-11;1-9(2)10-7-11(8-10)3-5-12-6-4-11;1-9(2)10-6-11(7-10)4-3-5-12-8-11;1-9(2,3)8-4-10(5-8)6-11-7-10/h9,12H,4-8H2,1-3H3;2*9-10,12H,3-8H2,1-2H3;8,11H,4-7H2,1-3H3. The van der Waals surface area contributed by atoms with Crippen molar-refractivity contribution in [2.45, 2.75) is 153 Å². The maximum atomic E-state index is 3.54. The van der Waals surface area contributed by atoms with Gasteiger partial charge in [-0.15, -0.1) is 0 Å². The van der Waals surface area contributed by atoms with Gasteiger partial charge in [0, 0.05) is 26.2 Å². The summed E-state index contributed by atoms with van der Waals surface area (Å²) in [6.07, 6.45) is 19.1. The molecule has 8 rings (SSSR count). The fraction of sp³-hybridized carbons (Fsp3) is 1.00. The molecule has 47 heavy (non-hydrogen) atoms. The van der Waals surface area contributed by atoms with E-state index < -0.39 is 0 Å². The van der Waals surface area contributed by atoms with E-state index in [1.54, 1.807) is 0 Å². The van der Waals surface area contributed by atoms with Gasteiger partial charge in [0.05, 0.1) is 0 Å². The van der Waals surface area contributed by atoms with Gasteiger partial charge in [0.25, 0.3) is 0 Å². The molecule has 4 aliphatic carbocycles. The van der Waals surface area contributed by atoms with E-state index in [0.29, 0.717) is 10.8 Å². The van der Waals surface area contributed by atoms with Gasteiger partial charge in [0.1, 0.15) is 0 Å². The third-order valence-corrected chi connectivity index (χ3v) is 15.4. The third kappa shape index (κ3) is 9.39. The van der Waals surface area contributed by atoms with Gasteiger partial charge < -0.3 is 21.3 Å². The Morgan fingerprint density at radius 3 is 1.19 bits per heavy atom. The first kappa shape index (κ1) is 38.1. The molecule has 8 fully saturated rings. The Bertz CT molecular complexity index is 893. The number of hydrogen-bond acceptors (Lipinski definition) is 4. The summed E-state index contributed by atoms with van der Waals surface area (Å²) >= 11 is 0. The highest BCUT2D eigenvalue weighted by Gasteiger charge is 2.52. The smallest absolute Gasteiger partial charge is 0.00204 e. The predicted molar refractivity (Wildman–Crippen MR) is 204 cm³/mol. The molecule has 4 nitrogen and oxygen atoms in total. The van der Waals surface area contributed by atoms with E-state index in [0.717, 1.165) is 57.2 Å². The molecular weight excluding hydrogens is 573 g/mol. The fourth-order valence-electron chi connectivity index (χ4n) is 10.9. The minimum Gasteiger partial charge on any atom is -0.317 e. The average molecular weight is 655 g/mol. The van der Waals surface area contributed by atoms with Crippen molar-refractivity contribution in [3.05, 3.63) is 0 Å². The minimum absolute atomic E-state index is 0.549. The fourth-order valence-corrected chi connectivity index (χ4v) is 10.9. The van der Waals surface area contributed by atoms with Crippen LogP contribution in [0.4, 0.5) is 0 Å². The summed E-state index contributed by atoms with van der Waals surface area (Å²) in [5.41, 5.74) is 4.14. The second-order valence-electron chi connectivity index (χ2n) is 21.8. The predicted octanol–water partition coefficient (Wildman–Crippen LogP) is 9.30. The summed E-state index contributed by atoms with van der Waals surface area (Å²) in [5, 5.41) is 13.9. The molecule has 0 unspecified atom stereocenters. The van der Waals surface area contributed by atoms with Crippen LogP contribution in [0.2, 0.25) is 0 Å². The van der Waals surface area contributed by atoms with Crippen molar-refractivity contribution in [2.24, 2.45) is 68.0 Å². The first-order valence-corrected chi connectivity index (χ1v) is 20.8. The summed E-state index contributed by atoms with van der Waals surface area (Å²) in [6.45, 7) is 34.0. The molecular formula is C43H82N4. The van der Waals surface area contributed by atoms with Crippen LogP contribution in [-0.2, 0) is 0 Å². The number of hydrogen-bond donors (Lipinski definition) is 4. The van der Waals surface area contributed by atoms with Crippen LogP contribution in [0.3, 0.4) is 0 Å². The number of rotatable bonds is 2. The highest BCUT2D eigenvalue weighted by atomic mass is 15.0. The molecule has 0 atom stereocenters. The Morgan fingerprint density at radius 2 is 0.809 bits per heavy atom. The second-order valence-corrected chi connectivity index (χ2v) is 21.8. The summed E-state index contributed by atoms with van der Waals surface area (Å²) in [6, 6.07) is 0. The number of nitrogens with one attached hydrogen (secondary N) is 4. The maximum absolute atomic E-state index is 3.54. The van der Waals surface area contributed by atoms with Crippen molar-refractivity contribution in [1.82, 2.24) is 21.3 Å². The van der Waals surface area contributed by atoms with Crippen molar-refractivity contribution in [3.8, 4) is 0 Å². The van der Waals surface area contributed by atoms with Crippen LogP contribution < -0.4 is 21.3 Å². The van der Waals surface area contributed by atoms with E-state index >= 15 is 0 Å². The molecule has 0 bridgehead atoms. The maximum Gasteiger partial charge on any atom is 0.00204 e. The third-order valence-electron chi connectivity index (χ3n) is 15.4. The average Bonchev–Trinajstić information content (AvgIpc) is 3.40. The van der Waals surface area contributed by atoms with Gasteiger partial charge in [-0.1, -0.05) is 69.2 Å². The first-order chi connectivity index (χ1) is 22.0. The lowest BCUT2D eigenvalue weighted by Crippen LogP contribution is -2.61. The Labute approximate surface area is 293 Å². The zero-order valence-electron chi connectivity index (χ0n) is 33.3. The van der Waals surface area contributed by atoms with Crippen molar-refractivity contribution in [2.75, 3.05) is 52.4 Å². The second kappa shape index (κ2) is 14.8. The lowest BCUT2D eigenvalue weighted by molar-refractivity contribution is -0.0503. The molecule has 4 N–H and O–H groups in total. The molecule has 8 aliphatic rings. The van der Waals surface area contributed by atoms with Gasteiger partial charge >= 0.3 is 0 Å². The Hall–Kier alpha value is -0.160. The van der Waals surface area contributed by atoms with Gasteiger partial charge in [-0.3, -0.25) is 0 Å². The van der Waals surface area contributed by atoms with Crippen LogP contribution in [0, 0.1) is 68.0 Å². The zero-order chi connectivity index (χ0) is 34.1. The topological polar surface area (TPSA) is 48.1 Å². The molecule has 4 heteroatoms. The van der Waals surface area contributed by atoms with E-state index in [1.165, 1.54) is 136 Å². The SMILES string of the molecule is CC(C)(C)C1CC2(CCNC2)C1.CC(C)(C)C1CC2(CNC2)C1.CC(C)C1CC2(CCCNC2)C1.CC(C)C1CC2(CCNCC2)C1. The van der Waals surface area contributed by atoms with Gasteiger partial charge in [0.2, 0.25) is 0 Å². The number of piperidine rings is 2. The Kier molecular flexibility index (Phi) is 12.0. The Balaban J connectivity index is 0.000000123. The molecule has 4 aliphatic heterocycles. The molecule has 274 valence electrons. The van der Waals surface area contributed by atoms with Crippen LogP contribution in [0.15, 0.2) is 0 Å². The van der Waals surface area contributed by atoms with Gasteiger partial charge in [-0.2, -0.15) is 0 Å². The van der Waals surface area contributed by atoms with E-state index in [1.807, 2.05) is 0 Å². The molecule has 4 saturated carbocycles. The molecule has 0 amide bonds. The highest BCUT2D eigenvalue weighted by Crippen LogP contribution is 2.57. The van der Waals surface area contributed by atoms with E-state index in [-0.39, 0.29) is 0 Å². The first-order valence-electron chi connectivity index (χ1n) is 20.8. The lowest BCUT2D eigenvalue weighted by atomic mass is 9.52. The van der Waals surface area contributed by atoms with Crippen LogP contribution in [0.1, 0.15) is 153 Å². The van der Waals surface area contributed by atoms with Gasteiger partial charge in [-0.05, 0) is 178 Å². The van der Waals surface area contributed by atoms with Crippen molar-refractivity contribution < 1.29 is 0 Å². The molecule has 0 aromatic rings. The van der Waals surface area contributed by atoms with Gasteiger partial charge in [-0.25, -0.2) is 0 Å². The normalized spacial score (nSPS) is 32.8. The van der Waals surface area contributed by atoms with E-state index in [9.17, 15) is 0 Å². The van der Waals surface area contributed by atoms with Crippen LogP contribution in [0.5, 0.6) is 0 Å². The molecule has 4 saturated heterocycles. The quantitative estimate of drug-likeness (QED) is 0.240. The lowest BCUT2D eigenvalue weighted by Gasteiger charge is -2.58. The molecule has 0 aromatic heterocycles. The largest absolute Gasteiger partial charge is 0.317 e.